The van der Waals surface area contributed by atoms with Gasteiger partial charge in [0.1, 0.15) is 17.6 Å². The number of carboxylic acids is 1. The smallest absolute Gasteiger partial charge is 0.407 e. The van der Waals surface area contributed by atoms with Gasteiger partial charge in [0, 0.05) is 40.1 Å². The van der Waals surface area contributed by atoms with Crippen LogP contribution in [0, 0.1) is 27.9 Å². The molecule has 0 radical (unpaired) electrons. The third-order valence-corrected chi connectivity index (χ3v) is 13.0. The second kappa shape index (κ2) is 12.9. The van der Waals surface area contributed by atoms with E-state index in [0.717, 1.165) is 100 Å². The molecule has 4 N–H and O–H groups in total. The van der Waals surface area contributed by atoms with Gasteiger partial charge in [0.15, 0.2) is 0 Å². The molecule has 2 bridgehead atoms. The molecule has 13 nitrogen and oxygen atoms in total. The monoisotopic (exact) mass is 731 g/mol. The number of rotatable bonds is 9. The first-order valence-corrected chi connectivity index (χ1v) is 19.2. The zero-order valence-corrected chi connectivity index (χ0v) is 30.7. The molecular formula is C41H45N7O6. The van der Waals surface area contributed by atoms with E-state index in [-0.39, 0.29) is 23.9 Å². The molecule has 4 unspecified atom stereocenters. The minimum atomic E-state index is -2.03. The summed E-state index contributed by atoms with van der Waals surface area (Å²) in [6.07, 6.45) is 5.04. The van der Waals surface area contributed by atoms with Crippen molar-refractivity contribution in [3.8, 4) is 22.4 Å². The molecule has 4 aliphatic rings. The number of hydrogen-bond donors (Lipinski definition) is 4. The maximum atomic E-state index is 12.5. The van der Waals surface area contributed by atoms with E-state index in [1.54, 1.807) is 0 Å². The fourth-order valence-corrected chi connectivity index (χ4v) is 10.3. The van der Waals surface area contributed by atoms with Crippen LogP contribution in [0.15, 0.2) is 48.5 Å². The Balaban J connectivity index is 0.985. The third kappa shape index (κ3) is 5.30. The van der Waals surface area contributed by atoms with Crippen LogP contribution in [0.5, 0.6) is 0 Å². The van der Waals surface area contributed by atoms with E-state index in [4.69, 9.17) is 14.7 Å². The molecule has 3 aromatic carbocycles. The lowest BCUT2D eigenvalue weighted by Gasteiger charge is -2.31. The summed E-state index contributed by atoms with van der Waals surface area (Å²) < 4.78 is 4.88. The number of hydrogen-bond acceptors (Lipinski definition) is 8. The molecule has 1 aliphatic heterocycles. The Labute approximate surface area is 312 Å². The van der Waals surface area contributed by atoms with Gasteiger partial charge in [-0.3, -0.25) is 15.0 Å². The van der Waals surface area contributed by atoms with Crippen molar-refractivity contribution in [1.29, 1.82) is 0 Å². The maximum absolute atomic E-state index is 12.5. The average molecular weight is 732 g/mol. The number of nitro groups is 1. The fourth-order valence-electron chi connectivity index (χ4n) is 10.3. The Hall–Kier alpha value is -5.30. The van der Waals surface area contributed by atoms with E-state index in [2.05, 4.69) is 82.6 Å². The van der Waals surface area contributed by atoms with Crippen LogP contribution in [0.4, 0.5) is 4.79 Å². The number of carbonyl (C=O) groups is 2. The molecule has 1 amide bonds. The van der Waals surface area contributed by atoms with Crippen LogP contribution in [0.2, 0.25) is 0 Å². The van der Waals surface area contributed by atoms with Crippen molar-refractivity contribution in [2.45, 2.75) is 82.3 Å². The number of imidazole rings is 2. The van der Waals surface area contributed by atoms with E-state index in [1.165, 1.54) is 7.11 Å². The van der Waals surface area contributed by atoms with Crippen molar-refractivity contribution >= 4 is 33.9 Å². The summed E-state index contributed by atoms with van der Waals surface area (Å²) >= 11 is 0. The number of methoxy groups -OCH3 is 1. The minimum Gasteiger partial charge on any atom is -0.476 e. The number of ether oxygens (including phenoxy) is 1. The van der Waals surface area contributed by atoms with Gasteiger partial charge >= 0.3 is 17.6 Å². The van der Waals surface area contributed by atoms with Crippen molar-refractivity contribution < 1.29 is 24.4 Å². The van der Waals surface area contributed by atoms with Crippen LogP contribution in [0.3, 0.4) is 0 Å². The van der Waals surface area contributed by atoms with Crippen molar-refractivity contribution in [3.63, 3.8) is 0 Å². The average Bonchev–Trinajstić information content (AvgIpc) is 4.01. The van der Waals surface area contributed by atoms with Crippen LogP contribution in [-0.2, 0) is 22.4 Å². The van der Waals surface area contributed by atoms with Gasteiger partial charge in [0.05, 0.1) is 29.9 Å². The van der Waals surface area contributed by atoms with Crippen molar-refractivity contribution in [1.82, 2.24) is 30.2 Å². The molecule has 280 valence electrons. The highest BCUT2D eigenvalue weighted by Gasteiger charge is 2.73. The number of aliphatic carboxylic acids is 1. The van der Waals surface area contributed by atoms with Gasteiger partial charge in [0.25, 0.3) is 0 Å². The topological polar surface area (TPSA) is 179 Å². The predicted octanol–water partition coefficient (Wildman–Crippen LogP) is 7.00. The first-order valence-electron chi connectivity index (χ1n) is 19.2. The molecule has 5 aromatic rings. The maximum Gasteiger partial charge on any atom is 0.407 e. The third-order valence-electron chi connectivity index (χ3n) is 13.0. The quantitative estimate of drug-likeness (QED) is 0.0917. The van der Waals surface area contributed by atoms with Crippen LogP contribution < -0.4 is 5.32 Å². The number of aryl methyl sites for hydroxylation is 2. The number of fused-ring (bicyclic) bond motifs is 8. The van der Waals surface area contributed by atoms with E-state index < -0.39 is 34.4 Å². The summed E-state index contributed by atoms with van der Waals surface area (Å²) in [5.74, 6) is -1.02. The van der Waals surface area contributed by atoms with Crippen LogP contribution >= 0.6 is 0 Å². The van der Waals surface area contributed by atoms with Gasteiger partial charge in [-0.05, 0) is 97.5 Å². The second-order valence-corrected chi connectivity index (χ2v) is 16.1. The first kappa shape index (κ1) is 34.5. The number of carboxylic acid groups (broad SMARTS) is 1. The van der Waals surface area contributed by atoms with E-state index in [1.807, 2.05) is 0 Å². The molecule has 0 spiro atoms. The largest absolute Gasteiger partial charge is 0.476 e. The van der Waals surface area contributed by atoms with Gasteiger partial charge in [-0.15, -0.1) is 0 Å². The van der Waals surface area contributed by atoms with Gasteiger partial charge in [-0.1, -0.05) is 50.2 Å². The molecule has 3 heterocycles. The lowest BCUT2D eigenvalue weighted by atomic mass is 9.72. The molecule has 54 heavy (non-hydrogen) atoms. The summed E-state index contributed by atoms with van der Waals surface area (Å²) in [7, 11) is 1.39. The molecule has 2 aromatic heterocycles. The number of nitrogens with zero attached hydrogens (tertiary/aromatic N) is 4. The molecular weight excluding hydrogens is 686 g/mol. The number of aromatic nitrogens is 4. The van der Waals surface area contributed by atoms with E-state index in [0.29, 0.717) is 25.1 Å². The van der Waals surface area contributed by atoms with Crippen LogP contribution in [-0.4, -0.2) is 78.7 Å². The first-order chi connectivity index (χ1) is 26.1. The summed E-state index contributed by atoms with van der Waals surface area (Å²) in [5.41, 5.74) is 5.92. The molecule has 1 saturated heterocycles. The Morgan fingerprint density at radius 2 is 1.87 bits per heavy atom. The minimum absolute atomic E-state index is 0.0361. The highest BCUT2D eigenvalue weighted by atomic mass is 16.6. The number of likely N-dealkylation sites (tertiary alicyclic amines) is 1. The van der Waals surface area contributed by atoms with Crippen LogP contribution in [0.25, 0.3) is 44.2 Å². The van der Waals surface area contributed by atoms with Crippen molar-refractivity contribution in [2.24, 2.45) is 17.8 Å². The number of alkyl carbamates (subject to hydrolysis) is 1. The molecule has 3 aliphatic carbocycles. The van der Waals surface area contributed by atoms with Gasteiger partial charge in [0.2, 0.25) is 0 Å². The molecule has 6 atom stereocenters. The van der Waals surface area contributed by atoms with Crippen molar-refractivity contribution in [2.75, 3.05) is 20.2 Å². The number of benzene rings is 3. The predicted molar refractivity (Wildman–Crippen MR) is 203 cm³/mol. The fraction of sp³-hybridized carbons (Fsp3) is 0.463. The van der Waals surface area contributed by atoms with Gasteiger partial charge in [-0.2, -0.15) is 0 Å². The number of aromatic amines is 2. The number of H-pyrrole nitrogens is 2. The second-order valence-electron chi connectivity index (χ2n) is 16.1. The zero-order chi connectivity index (χ0) is 37.5. The summed E-state index contributed by atoms with van der Waals surface area (Å²) in [4.78, 5) is 55.9. The summed E-state index contributed by atoms with van der Waals surface area (Å²) in [6.45, 7) is 5.88. The number of nitrogens with one attached hydrogen (secondary N) is 3. The molecule has 2 saturated carbocycles. The Bertz CT molecular complexity index is 2320. The molecule has 3 fully saturated rings. The normalized spacial score (nSPS) is 25.3. The summed E-state index contributed by atoms with van der Waals surface area (Å²) in [5, 5.41) is 27.8. The highest BCUT2D eigenvalue weighted by Crippen LogP contribution is 2.60. The van der Waals surface area contributed by atoms with Gasteiger partial charge in [-0.25, -0.2) is 19.6 Å². The SMILES string of the molecule is COC(=O)N[C@H](CN1CCC[C@H]1c1nc2c(ccc3cc(-c4ccc5c(c4)CCc4[nH]c(C6C7CCC(C7)C6(C(=O)O)[N+](=O)[O-])nc4-5)ccc32)[nH]1)C(C)C. The van der Waals surface area contributed by atoms with Crippen LogP contribution in [0.1, 0.15) is 80.8 Å². The van der Waals surface area contributed by atoms with E-state index in [9.17, 15) is 24.8 Å². The molecule has 9 rings (SSSR count). The van der Waals surface area contributed by atoms with Gasteiger partial charge < -0.3 is 25.1 Å². The Morgan fingerprint density at radius 1 is 1.06 bits per heavy atom. The Kier molecular flexibility index (Phi) is 8.25. The lowest BCUT2D eigenvalue weighted by Crippen LogP contribution is -2.55. The number of amides is 1. The highest BCUT2D eigenvalue weighted by molar-refractivity contribution is 6.05. The zero-order valence-electron chi connectivity index (χ0n) is 30.7. The lowest BCUT2D eigenvalue weighted by molar-refractivity contribution is -0.568. The number of carbonyl (C=O) groups excluding carboxylic acids is 1. The summed E-state index contributed by atoms with van der Waals surface area (Å²) in [6, 6.07) is 17.2. The van der Waals surface area contributed by atoms with E-state index >= 15 is 0 Å². The molecule has 13 heteroatoms. The van der Waals surface area contributed by atoms with Crippen molar-refractivity contribution in [3.05, 3.63) is 81.6 Å². The Morgan fingerprint density at radius 3 is 2.65 bits per heavy atom. The standard InChI is InChI=1S/C41H45N7O6/c1-21(2)32(44-40(51)54-3)20-47-16-4-5-33(47)37-42-30-14-9-24-17-22(7-12-28(24)35(30)45-37)23-8-13-29-25(18-23)10-15-31-36(29)46-38(43-31)34-26-6-11-27(19-26)41(34,39(49)50)48(52)53/h7-9,12-14,17-18,21,26-27,32-34H,4-6,10-11,15-16,19-20H2,1-3H3,(H,42,45)(H,43,46)(H,44,51)(H,49,50)/t26?,27?,32-,33+,34?,41?/m1/s1.